The summed E-state index contributed by atoms with van der Waals surface area (Å²) in [5, 5.41) is 2.20. The molecule has 0 bridgehead atoms. The average Bonchev–Trinajstić information content (AvgIpc) is 2.61. The van der Waals surface area contributed by atoms with Crippen LogP contribution in [0.15, 0.2) is 58.6 Å². The van der Waals surface area contributed by atoms with E-state index in [-0.39, 0.29) is 5.57 Å². The van der Waals surface area contributed by atoms with Crippen molar-refractivity contribution in [1.82, 2.24) is 5.32 Å². The molecule has 1 aliphatic heterocycles. The molecular formula is C19H15BrN2O4. The van der Waals surface area contributed by atoms with E-state index in [2.05, 4.69) is 21.2 Å². The molecule has 1 N–H and O–H groups in total. The Morgan fingerprint density at radius 2 is 1.85 bits per heavy atom. The molecule has 1 fully saturated rings. The fraction of sp³-hybridized carbons (Fsp3) is 0.105. The van der Waals surface area contributed by atoms with Crippen LogP contribution >= 0.6 is 15.9 Å². The molecule has 2 aromatic rings. The van der Waals surface area contributed by atoms with Crippen LogP contribution in [-0.4, -0.2) is 24.5 Å². The Hall–Kier alpha value is -2.93. The molecule has 0 spiro atoms. The summed E-state index contributed by atoms with van der Waals surface area (Å²) in [4.78, 5) is 38.0. The molecule has 0 saturated carbocycles. The van der Waals surface area contributed by atoms with Gasteiger partial charge in [0, 0.05) is 4.47 Å². The van der Waals surface area contributed by atoms with Crippen molar-refractivity contribution in [1.29, 1.82) is 0 Å². The van der Waals surface area contributed by atoms with Gasteiger partial charge in [-0.2, -0.15) is 0 Å². The van der Waals surface area contributed by atoms with E-state index >= 15 is 0 Å². The van der Waals surface area contributed by atoms with E-state index in [1.165, 1.54) is 6.08 Å². The molecule has 26 heavy (non-hydrogen) atoms. The van der Waals surface area contributed by atoms with Crippen molar-refractivity contribution < 1.29 is 19.1 Å². The van der Waals surface area contributed by atoms with Crippen LogP contribution in [0.3, 0.4) is 0 Å². The molecule has 132 valence electrons. The molecule has 1 heterocycles. The molecule has 7 heteroatoms. The molecular weight excluding hydrogens is 400 g/mol. The predicted molar refractivity (Wildman–Crippen MR) is 101 cm³/mol. The van der Waals surface area contributed by atoms with Gasteiger partial charge < -0.3 is 4.74 Å². The van der Waals surface area contributed by atoms with Gasteiger partial charge in [0.15, 0.2) is 0 Å². The third-order valence-electron chi connectivity index (χ3n) is 3.67. The zero-order valence-corrected chi connectivity index (χ0v) is 15.4. The first-order valence-electron chi connectivity index (χ1n) is 7.89. The Labute approximate surface area is 158 Å². The Morgan fingerprint density at radius 3 is 2.54 bits per heavy atom. The smallest absolute Gasteiger partial charge is 0.335 e. The third-order valence-corrected chi connectivity index (χ3v) is 4.20. The van der Waals surface area contributed by atoms with Gasteiger partial charge in [-0.1, -0.05) is 28.1 Å². The van der Waals surface area contributed by atoms with E-state index in [1.54, 1.807) is 48.5 Å². The molecule has 0 aromatic heterocycles. The molecule has 1 saturated heterocycles. The molecule has 0 unspecified atom stereocenters. The maximum Gasteiger partial charge on any atom is 0.335 e. The summed E-state index contributed by atoms with van der Waals surface area (Å²) in [6.07, 6.45) is 1.44. The highest BCUT2D eigenvalue weighted by Crippen LogP contribution is 2.24. The summed E-state index contributed by atoms with van der Waals surface area (Å²) in [6.45, 7) is 2.37. The van der Waals surface area contributed by atoms with E-state index in [0.717, 1.165) is 9.37 Å². The number of halogens is 1. The van der Waals surface area contributed by atoms with Crippen LogP contribution in [0.5, 0.6) is 5.75 Å². The largest absolute Gasteiger partial charge is 0.494 e. The molecule has 4 amide bonds. The first kappa shape index (κ1) is 17.9. The predicted octanol–water partition coefficient (Wildman–Crippen LogP) is 3.51. The van der Waals surface area contributed by atoms with Gasteiger partial charge in [0.1, 0.15) is 11.3 Å². The number of nitrogens with zero attached hydrogens (tertiary/aromatic N) is 1. The minimum atomic E-state index is -0.775. The highest BCUT2D eigenvalue weighted by atomic mass is 79.9. The van der Waals surface area contributed by atoms with E-state index in [0.29, 0.717) is 23.6 Å². The number of hydrogen-bond acceptors (Lipinski definition) is 4. The van der Waals surface area contributed by atoms with Crippen molar-refractivity contribution in [2.24, 2.45) is 0 Å². The number of ether oxygens (including phenoxy) is 1. The Bertz CT molecular complexity index is 906. The summed E-state index contributed by atoms with van der Waals surface area (Å²) in [5.41, 5.74) is 0.873. The van der Waals surface area contributed by atoms with E-state index in [1.807, 2.05) is 6.92 Å². The van der Waals surface area contributed by atoms with Crippen molar-refractivity contribution in [2.75, 3.05) is 11.5 Å². The number of rotatable bonds is 4. The Morgan fingerprint density at radius 1 is 1.12 bits per heavy atom. The van der Waals surface area contributed by atoms with E-state index < -0.39 is 17.8 Å². The van der Waals surface area contributed by atoms with Crippen LogP contribution < -0.4 is 15.0 Å². The number of anilines is 1. The number of benzene rings is 2. The van der Waals surface area contributed by atoms with Crippen molar-refractivity contribution in [3.8, 4) is 5.75 Å². The number of barbiturate groups is 1. The van der Waals surface area contributed by atoms with Crippen LogP contribution in [0.25, 0.3) is 6.08 Å². The van der Waals surface area contributed by atoms with Gasteiger partial charge in [-0.3, -0.25) is 14.9 Å². The van der Waals surface area contributed by atoms with E-state index in [4.69, 9.17) is 4.74 Å². The number of amides is 4. The number of carbonyl (C=O) groups excluding carboxylic acids is 3. The minimum Gasteiger partial charge on any atom is -0.494 e. The van der Waals surface area contributed by atoms with Crippen LogP contribution in [0, 0.1) is 0 Å². The zero-order valence-electron chi connectivity index (χ0n) is 13.9. The van der Waals surface area contributed by atoms with Gasteiger partial charge in [-0.25, -0.2) is 9.69 Å². The number of imide groups is 2. The summed E-state index contributed by atoms with van der Waals surface area (Å²) in [6, 6.07) is 12.9. The number of nitrogens with one attached hydrogen (secondary N) is 1. The summed E-state index contributed by atoms with van der Waals surface area (Å²) in [7, 11) is 0. The second-order valence-corrected chi connectivity index (χ2v) is 6.36. The van der Waals surface area contributed by atoms with Crippen LogP contribution in [0.2, 0.25) is 0 Å². The summed E-state index contributed by atoms with van der Waals surface area (Å²) >= 11 is 3.30. The van der Waals surface area contributed by atoms with Crippen LogP contribution in [0.4, 0.5) is 10.5 Å². The fourth-order valence-corrected chi connectivity index (χ4v) is 2.77. The monoisotopic (exact) mass is 414 g/mol. The highest BCUT2D eigenvalue weighted by Gasteiger charge is 2.36. The second-order valence-electron chi connectivity index (χ2n) is 5.44. The average molecular weight is 415 g/mol. The van der Waals surface area contributed by atoms with Gasteiger partial charge >= 0.3 is 6.03 Å². The molecule has 3 rings (SSSR count). The molecule has 6 nitrogen and oxygen atoms in total. The van der Waals surface area contributed by atoms with Gasteiger partial charge in [-0.05, 0) is 55.0 Å². The first-order valence-corrected chi connectivity index (χ1v) is 8.69. The lowest BCUT2D eigenvalue weighted by Crippen LogP contribution is -2.54. The summed E-state index contributed by atoms with van der Waals surface area (Å²) in [5.74, 6) is -0.774. The van der Waals surface area contributed by atoms with Gasteiger partial charge in [0.05, 0.1) is 12.3 Å². The summed E-state index contributed by atoms with van der Waals surface area (Å²) < 4.78 is 6.24. The maximum absolute atomic E-state index is 12.8. The van der Waals surface area contributed by atoms with Gasteiger partial charge in [-0.15, -0.1) is 0 Å². The molecule has 1 aliphatic rings. The maximum atomic E-state index is 12.8. The quantitative estimate of drug-likeness (QED) is 0.613. The van der Waals surface area contributed by atoms with Crippen molar-refractivity contribution in [3.63, 3.8) is 0 Å². The SMILES string of the molecule is CCOc1cccc(C=C2C(=O)NC(=O)N(c3ccc(Br)cc3)C2=O)c1. The normalized spacial score (nSPS) is 16.0. The fourth-order valence-electron chi connectivity index (χ4n) is 2.51. The minimum absolute atomic E-state index is 0.124. The lowest BCUT2D eigenvalue weighted by Gasteiger charge is -2.26. The molecule has 0 atom stereocenters. The topological polar surface area (TPSA) is 75.7 Å². The number of carbonyl (C=O) groups is 3. The van der Waals surface area contributed by atoms with Gasteiger partial charge in [0.2, 0.25) is 0 Å². The number of hydrogen-bond donors (Lipinski definition) is 1. The van der Waals surface area contributed by atoms with Gasteiger partial charge in [0.25, 0.3) is 11.8 Å². The van der Waals surface area contributed by atoms with Crippen molar-refractivity contribution in [2.45, 2.75) is 6.92 Å². The van der Waals surface area contributed by atoms with Crippen molar-refractivity contribution in [3.05, 3.63) is 64.1 Å². The van der Waals surface area contributed by atoms with E-state index in [9.17, 15) is 14.4 Å². The Kier molecular flexibility index (Phi) is 5.18. The molecule has 2 aromatic carbocycles. The van der Waals surface area contributed by atoms with Crippen LogP contribution in [-0.2, 0) is 9.59 Å². The van der Waals surface area contributed by atoms with Crippen molar-refractivity contribution >= 4 is 45.5 Å². The lowest BCUT2D eigenvalue weighted by molar-refractivity contribution is -0.122. The Balaban J connectivity index is 1.97. The third kappa shape index (κ3) is 3.67. The lowest BCUT2D eigenvalue weighted by atomic mass is 10.1. The number of urea groups is 1. The second kappa shape index (κ2) is 7.53. The first-order chi connectivity index (χ1) is 12.5. The standard InChI is InChI=1S/C19H15BrN2O4/c1-2-26-15-5-3-4-12(10-15)11-16-17(23)21-19(25)22(18(16)24)14-8-6-13(20)7-9-14/h3-11H,2H2,1H3,(H,21,23,25). The molecule has 0 aliphatic carbocycles. The highest BCUT2D eigenvalue weighted by molar-refractivity contribution is 9.10. The zero-order chi connectivity index (χ0) is 18.7. The molecule has 0 radical (unpaired) electrons. The van der Waals surface area contributed by atoms with Crippen LogP contribution in [0.1, 0.15) is 12.5 Å².